The molecule has 1 aromatic carbocycles. The Morgan fingerprint density at radius 2 is 1.80 bits per heavy atom. The van der Waals surface area contributed by atoms with Crippen LogP contribution in [0.1, 0.15) is 16.8 Å². The third-order valence-corrected chi connectivity index (χ3v) is 3.07. The van der Waals surface area contributed by atoms with E-state index in [9.17, 15) is 19.2 Å². The number of urea groups is 1. The largest absolute Gasteiger partial charge is 0.480 e. The van der Waals surface area contributed by atoms with E-state index in [1.807, 2.05) is 0 Å². The van der Waals surface area contributed by atoms with E-state index in [1.165, 1.54) is 19.2 Å². The minimum Gasteiger partial charge on any atom is -0.480 e. The Balaban J connectivity index is 2.40. The average molecular weight is 276 g/mol. The Morgan fingerprint density at radius 3 is 2.35 bits per heavy atom. The maximum Gasteiger partial charge on any atom is 0.334 e. The molecule has 0 bridgehead atoms. The molecule has 7 nitrogen and oxygen atoms in total. The number of benzene rings is 1. The molecule has 7 heteroatoms. The number of carboxylic acids is 1. The zero-order valence-corrected chi connectivity index (χ0v) is 10.6. The van der Waals surface area contributed by atoms with Crippen molar-refractivity contribution in [3.8, 4) is 0 Å². The lowest BCUT2D eigenvalue weighted by Gasteiger charge is -2.35. The number of carboxylic acid groups (broad SMARTS) is 1. The van der Waals surface area contributed by atoms with Crippen LogP contribution in [0.15, 0.2) is 30.3 Å². The maximum atomic E-state index is 12.3. The SMILES string of the molecule is CN1C(=O)C[C@@H](C(=O)O)N(C(=O)c2ccccc2)C1=O. The zero-order chi connectivity index (χ0) is 14.9. The number of carbonyl (C=O) groups is 4. The van der Waals surface area contributed by atoms with Crippen LogP contribution in [0.25, 0.3) is 0 Å². The second kappa shape index (κ2) is 5.12. The summed E-state index contributed by atoms with van der Waals surface area (Å²) < 4.78 is 0. The van der Waals surface area contributed by atoms with Gasteiger partial charge in [-0.25, -0.2) is 14.5 Å². The minimum absolute atomic E-state index is 0.190. The Morgan fingerprint density at radius 1 is 1.20 bits per heavy atom. The first kappa shape index (κ1) is 13.7. The molecule has 0 aromatic heterocycles. The van der Waals surface area contributed by atoms with E-state index >= 15 is 0 Å². The first-order valence-electron chi connectivity index (χ1n) is 5.85. The molecule has 2 rings (SSSR count). The zero-order valence-electron chi connectivity index (χ0n) is 10.6. The Labute approximate surface area is 114 Å². The molecule has 0 radical (unpaired) electrons. The van der Waals surface area contributed by atoms with Crippen molar-refractivity contribution in [3.05, 3.63) is 35.9 Å². The molecular weight excluding hydrogens is 264 g/mol. The summed E-state index contributed by atoms with van der Waals surface area (Å²) in [6, 6.07) is 5.45. The summed E-state index contributed by atoms with van der Waals surface area (Å²) in [5, 5.41) is 9.11. The van der Waals surface area contributed by atoms with E-state index in [2.05, 4.69) is 0 Å². The predicted molar refractivity (Wildman–Crippen MR) is 66.8 cm³/mol. The molecule has 1 saturated heterocycles. The fourth-order valence-electron chi connectivity index (χ4n) is 1.94. The fourth-order valence-corrected chi connectivity index (χ4v) is 1.94. The summed E-state index contributed by atoms with van der Waals surface area (Å²) in [6.45, 7) is 0. The van der Waals surface area contributed by atoms with Crippen LogP contribution in [-0.2, 0) is 9.59 Å². The number of nitrogens with zero attached hydrogens (tertiary/aromatic N) is 2. The molecule has 1 fully saturated rings. The first-order chi connectivity index (χ1) is 9.43. The smallest absolute Gasteiger partial charge is 0.334 e. The number of carbonyl (C=O) groups excluding carboxylic acids is 3. The number of hydrogen-bond acceptors (Lipinski definition) is 4. The predicted octanol–water partition coefficient (Wildman–Crippen LogP) is 0.564. The Bertz CT molecular complexity index is 584. The minimum atomic E-state index is -1.47. The van der Waals surface area contributed by atoms with E-state index < -0.39 is 36.3 Å². The molecular formula is C13H12N2O5. The Hall–Kier alpha value is -2.70. The summed E-state index contributed by atoms with van der Waals surface area (Å²) in [4.78, 5) is 48.4. The van der Waals surface area contributed by atoms with Gasteiger partial charge in [0.15, 0.2) is 0 Å². The van der Waals surface area contributed by atoms with Crippen LogP contribution in [0.3, 0.4) is 0 Å². The van der Waals surface area contributed by atoms with Gasteiger partial charge in [-0.05, 0) is 12.1 Å². The van der Waals surface area contributed by atoms with Gasteiger partial charge in [0.25, 0.3) is 5.91 Å². The number of imide groups is 2. The third-order valence-electron chi connectivity index (χ3n) is 3.07. The molecule has 20 heavy (non-hydrogen) atoms. The highest BCUT2D eigenvalue weighted by Gasteiger charge is 2.44. The van der Waals surface area contributed by atoms with E-state index in [-0.39, 0.29) is 5.56 Å². The monoisotopic (exact) mass is 276 g/mol. The second-order valence-electron chi connectivity index (χ2n) is 4.33. The number of rotatable bonds is 2. The van der Waals surface area contributed by atoms with Crippen molar-refractivity contribution in [1.29, 1.82) is 0 Å². The number of hydrogen-bond donors (Lipinski definition) is 1. The summed E-state index contributed by atoms with van der Waals surface area (Å²) in [5.41, 5.74) is 0.190. The fraction of sp³-hybridized carbons (Fsp3) is 0.231. The molecule has 0 aliphatic carbocycles. The number of amides is 4. The number of aliphatic carboxylic acids is 1. The summed E-state index contributed by atoms with van der Waals surface area (Å²) in [5.74, 6) is -2.74. The molecule has 0 unspecified atom stereocenters. The van der Waals surface area contributed by atoms with Gasteiger partial charge in [0.2, 0.25) is 5.91 Å². The first-order valence-corrected chi connectivity index (χ1v) is 5.85. The molecule has 104 valence electrons. The van der Waals surface area contributed by atoms with E-state index in [4.69, 9.17) is 5.11 Å². The maximum absolute atomic E-state index is 12.3. The van der Waals surface area contributed by atoms with Gasteiger partial charge >= 0.3 is 12.0 Å². The van der Waals surface area contributed by atoms with Crippen molar-refractivity contribution < 1.29 is 24.3 Å². The van der Waals surface area contributed by atoms with Gasteiger partial charge in [-0.2, -0.15) is 0 Å². The van der Waals surface area contributed by atoms with Crippen LogP contribution >= 0.6 is 0 Å². The Kier molecular flexibility index (Phi) is 3.51. The van der Waals surface area contributed by atoms with Gasteiger partial charge in [-0.3, -0.25) is 14.5 Å². The van der Waals surface area contributed by atoms with Crippen LogP contribution in [0.5, 0.6) is 0 Å². The molecule has 1 aromatic rings. The van der Waals surface area contributed by atoms with Gasteiger partial charge in [-0.15, -0.1) is 0 Å². The van der Waals surface area contributed by atoms with Crippen LogP contribution in [0.2, 0.25) is 0 Å². The van der Waals surface area contributed by atoms with Crippen molar-refractivity contribution in [1.82, 2.24) is 9.80 Å². The topological polar surface area (TPSA) is 95.0 Å². The summed E-state index contributed by atoms with van der Waals surface area (Å²) in [6.07, 6.45) is -0.420. The molecule has 1 N–H and O–H groups in total. The average Bonchev–Trinajstić information content (AvgIpc) is 2.44. The highest BCUT2D eigenvalue weighted by atomic mass is 16.4. The second-order valence-corrected chi connectivity index (χ2v) is 4.33. The van der Waals surface area contributed by atoms with Crippen LogP contribution < -0.4 is 0 Å². The lowest BCUT2D eigenvalue weighted by Crippen LogP contribution is -2.60. The van der Waals surface area contributed by atoms with Crippen LogP contribution in [0, 0.1) is 0 Å². The molecule has 1 aliphatic heterocycles. The normalized spacial score (nSPS) is 19.1. The van der Waals surface area contributed by atoms with E-state index in [0.717, 1.165) is 4.90 Å². The van der Waals surface area contributed by atoms with Crippen molar-refractivity contribution in [3.63, 3.8) is 0 Å². The standard InChI is InChI=1S/C13H12N2O5/c1-14-10(16)7-9(12(18)19)15(13(14)20)11(17)8-5-3-2-4-6-8/h2-6,9H,7H2,1H3,(H,18,19)/t9-/m0/s1. The van der Waals surface area contributed by atoms with Gasteiger partial charge in [-0.1, -0.05) is 18.2 Å². The van der Waals surface area contributed by atoms with Crippen LogP contribution in [-0.4, -0.2) is 51.8 Å². The molecule has 1 heterocycles. The quantitative estimate of drug-likeness (QED) is 0.851. The van der Waals surface area contributed by atoms with Gasteiger partial charge < -0.3 is 5.11 Å². The highest BCUT2D eigenvalue weighted by molar-refractivity contribution is 6.12. The van der Waals surface area contributed by atoms with Crippen molar-refractivity contribution >= 4 is 23.8 Å². The van der Waals surface area contributed by atoms with Crippen molar-refractivity contribution in [2.24, 2.45) is 0 Å². The van der Waals surface area contributed by atoms with Gasteiger partial charge in [0.05, 0.1) is 6.42 Å². The van der Waals surface area contributed by atoms with E-state index in [1.54, 1.807) is 18.2 Å². The highest BCUT2D eigenvalue weighted by Crippen LogP contribution is 2.19. The van der Waals surface area contributed by atoms with Gasteiger partial charge in [0.1, 0.15) is 6.04 Å². The van der Waals surface area contributed by atoms with Crippen LogP contribution in [0.4, 0.5) is 4.79 Å². The lowest BCUT2D eigenvalue weighted by atomic mass is 10.1. The molecule has 4 amide bonds. The van der Waals surface area contributed by atoms with Crippen molar-refractivity contribution in [2.75, 3.05) is 7.05 Å². The molecule has 0 saturated carbocycles. The lowest BCUT2D eigenvalue weighted by molar-refractivity contribution is -0.147. The van der Waals surface area contributed by atoms with Crippen molar-refractivity contribution in [2.45, 2.75) is 12.5 Å². The third kappa shape index (κ3) is 2.25. The molecule has 1 atom stereocenters. The van der Waals surface area contributed by atoms with Gasteiger partial charge in [0, 0.05) is 12.6 Å². The molecule has 1 aliphatic rings. The molecule has 0 spiro atoms. The van der Waals surface area contributed by atoms with E-state index in [0.29, 0.717) is 4.90 Å². The summed E-state index contributed by atoms with van der Waals surface area (Å²) in [7, 11) is 1.22. The summed E-state index contributed by atoms with van der Waals surface area (Å²) >= 11 is 0.